The van der Waals surface area contributed by atoms with E-state index in [9.17, 15) is 0 Å². The van der Waals surface area contributed by atoms with Crippen LogP contribution in [0.1, 0.15) is 401 Å². The summed E-state index contributed by atoms with van der Waals surface area (Å²) in [7, 11) is 0. The average molecular weight is 1470 g/mol. The van der Waals surface area contributed by atoms with Crippen LogP contribution in [0.25, 0.3) is 78.5 Å². The Morgan fingerprint density at radius 3 is 0.917 bits per heavy atom. The fourth-order valence-corrected chi connectivity index (χ4v) is 20.2. The lowest BCUT2D eigenvalue weighted by Crippen LogP contribution is -2.26. The van der Waals surface area contributed by atoms with Crippen LogP contribution in [0.5, 0.6) is 5.75 Å². The second-order valence-electron chi connectivity index (χ2n) is 34.7. The number of benzene rings is 7. The summed E-state index contributed by atoms with van der Waals surface area (Å²) in [6.45, 7) is 21.8. The third-order valence-corrected chi connectivity index (χ3v) is 26.4. The predicted molar refractivity (Wildman–Crippen MR) is 471 cm³/mol. The highest BCUT2D eigenvalue weighted by Gasteiger charge is 2.47. The Bertz CT molecular complexity index is 4000. The summed E-state index contributed by atoms with van der Waals surface area (Å²) in [6, 6.07) is 52.1. The summed E-state index contributed by atoms with van der Waals surface area (Å²) in [5.74, 6) is 2.04. The number of aryl methyl sites for hydroxylation is 2. The second kappa shape index (κ2) is 42.9. The molecule has 1 heterocycles. The van der Waals surface area contributed by atoms with Gasteiger partial charge in [0.05, 0.1) is 6.61 Å². The molecule has 1 aromatic heterocycles. The topological polar surface area (TPSA) is 48.2 Å². The van der Waals surface area contributed by atoms with Gasteiger partial charge in [-0.25, -0.2) is 0 Å². The lowest BCUT2D eigenvalue weighted by atomic mass is 9.69. The van der Waals surface area contributed by atoms with Gasteiger partial charge in [0.2, 0.25) is 11.8 Å². The summed E-state index contributed by atoms with van der Waals surface area (Å²) in [5, 5.41) is 10.2. The van der Waals surface area contributed by atoms with Crippen LogP contribution >= 0.6 is 0 Å². The number of nitrogens with zero attached hydrogens (tertiary/aromatic N) is 2. The molecule has 109 heavy (non-hydrogen) atoms. The Hall–Kier alpha value is -6.52. The van der Waals surface area contributed by atoms with E-state index in [4.69, 9.17) is 19.4 Å². The van der Waals surface area contributed by atoms with Crippen LogP contribution in [0.15, 0.2) is 132 Å². The monoisotopic (exact) mass is 1470 g/mol. The van der Waals surface area contributed by atoms with Gasteiger partial charge < -0.3 is 9.15 Å². The van der Waals surface area contributed by atoms with Crippen molar-refractivity contribution in [3.8, 4) is 84.3 Å². The number of fused-ring (bicyclic) bond motifs is 9. The Labute approximate surface area is 664 Å². The maximum Gasteiger partial charge on any atom is 0.248 e. The molecule has 0 spiro atoms. The van der Waals surface area contributed by atoms with Crippen LogP contribution in [0.2, 0.25) is 0 Å². The molecule has 0 bridgehead atoms. The van der Waals surface area contributed by atoms with Gasteiger partial charge in [-0.1, -0.05) is 396 Å². The van der Waals surface area contributed by atoms with E-state index < -0.39 is 0 Å². The molecule has 0 saturated heterocycles. The normalized spacial score (nSPS) is 13.9. The number of hydrogen-bond acceptors (Lipinski definition) is 4. The van der Waals surface area contributed by atoms with Crippen molar-refractivity contribution in [2.24, 2.45) is 0 Å². The van der Waals surface area contributed by atoms with Crippen molar-refractivity contribution < 1.29 is 9.15 Å². The highest BCUT2D eigenvalue weighted by molar-refractivity contribution is 5.96. The predicted octanol–water partition coefficient (Wildman–Crippen LogP) is 33.4. The zero-order valence-corrected chi connectivity index (χ0v) is 70.5. The molecule has 588 valence electrons. The molecule has 0 N–H and O–H groups in total. The van der Waals surface area contributed by atoms with E-state index in [1.165, 1.54) is 367 Å². The maximum absolute atomic E-state index is 7.26. The van der Waals surface area contributed by atoms with Crippen LogP contribution in [-0.4, -0.2) is 16.8 Å². The minimum atomic E-state index is -0.247. The number of aromatic nitrogens is 2. The molecule has 0 unspecified atom stereocenters. The van der Waals surface area contributed by atoms with Crippen molar-refractivity contribution >= 4 is 0 Å². The number of ether oxygens (including phenoxy) is 1. The smallest absolute Gasteiger partial charge is 0.248 e. The summed E-state index contributed by atoms with van der Waals surface area (Å²) in [4.78, 5) is 0. The molecule has 3 aliphatic carbocycles. The van der Waals surface area contributed by atoms with E-state index >= 15 is 0 Å². The van der Waals surface area contributed by atoms with E-state index in [0.717, 1.165) is 42.7 Å². The van der Waals surface area contributed by atoms with E-state index in [1.807, 2.05) is 0 Å². The summed E-state index contributed by atoms with van der Waals surface area (Å²) < 4.78 is 13.6. The minimum Gasteiger partial charge on any atom is -0.494 e. The first-order valence-electron chi connectivity index (χ1n) is 46.0. The zero-order chi connectivity index (χ0) is 76.1. The number of hydrogen-bond donors (Lipinski definition) is 0. The average Bonchev–Trinajstić information content (AvgIpc) is 1.55. The van der Waals surface area contributed by atoms with Crippen molar-refractivity contribution in [3.05, 3.63) is 172 Å². The van der Waals surface area contributed by atoms with Gasteiger partial charge in [-0.3, -0.25) is 0 Å². The summed E-state index contributed by atoms with van der Waals surface area (Å²) >= 11 is 0. The van der Waals surface area contributed by atoms with E-state index in [2.05, 4.69) is 190 Å². The summed E-state index contributed by atoms with van der Waals surface area (Å²) in [5.41, 5.74) is 27.6. The quantitative estimate of drug-likeness (QED) is 0.0357. The maximum atomic E-state index is 7.26. The molecule has 0 radical (unpaired) electrons. The van der Waals surface area contributed by atoms with Gasteiger partial charge in [0, 0.05) is 27.4 Å². The van der Waals surface area contributed by atoms with Crippen molar-refractivity contribution in [2.45, 2.75) is 387 Å². The second-order valence-corrected chi connectivity index (χ2v) is 34.7. The Morgan fingerprint density at radius 2 is 0.532 bits per heavy atom. The number of rotatable bonds is 54. The van der Waals surface area contributed by atoms with Gasteiger partial charge in [0.1, 0.15) is 5.75 Å². The van der Waals surface area contributed by atoms with Crippen LogP contribution in [-0.2, 0) is 16.2 Å². The highest BCUT2D eigenvalue weighted by atomic mass is 16.5. The molecule has 0 amide bonds. The van der Waals surface area contributed by atoms with Gasteiger partial charge in [-0.15, -0.1) is 10.2 Å². The van der Waals surface area contributed by atoms with Crippen LogP contribution in [0.3, 0.4) is 0 Å². The Morgan fingerprint density at radius 1 is 0.248 bits per heavy atom. The van der Waals surface area contributed by atoms with E-state index in [1.54, 1.807) is 22.3 Å². The standard InChI is InChI=1S/C105H146N2O2/c1-10-17-24-31-38-45-66-103(67-46-39-32-25-18-11-2)94-73-80(8)52-61-88(94)90-63-56-83(76-96(90)103)84-58-65-92-98(77-84)105(70-49-42-35-28-21-14-5,71-50-43-36-29-22-15-6)99-79-86(75-93(100(92)99)102-107-106-101(109-102)82-54-59-87(60-55-82)108-72-51-44-37-30-23-16-7)85-57-64-91-89-62-53-81(9)74-95(89)104(97(91)78-85,68-47-40-33-26-19-12-3)69-48-41-34-27-20-13-4/h52-65,73-79H,10-51,66-72H2,1-9H3. The minimum absolute atomic E-state index is 0.00673. The van der Waals surface area contributed by atoms with Crippen molar-refractivity contribution in [1.29, 1.82) is 0 Å². The summed E-state index contributed by atoms with van der Waals surface area (Å²) in [6.07, 6.45) is 61.2. The Kier molecular flexibility index (Phi) is 32.9. The van der Waals surface area contributed by atoms with Gasteiger partial charge in [0.25, 0.3) is 0 Å². The number of unbranched alkanes of at least 4 members (excludes halogenated alkanes) is 35. The first-order valence-corrected chi connectivity index (χ1v) is 46.0. The third kappa shape index (κ3) is 20.7. The van der Waals surface area contributed by atoms with Gasteiger partial charge in [-0.05, 0) is 202 Å². The highest BCUT2D eigenvalue weighted by Crippen LogP contribution is 2.61. The first-order chi connectivity index (χ1) is 53.6. The van der Waals surface area contributed by atoms with Crippen molar-refractivity contribution in [3.63, 3.8) is 0 Å². The molecule has 4 nitrogen and oxygen atoms in total. The molecular weight excluding hydrogens is 1320 g/mol. The molecule has 4 heteroatoms. The fourth-order valence-electron chi connectivity index (χ4n) is 20.2. The molecule has 0 saturated carbocycles. The molecule has 0 fully saturated rings. The van der Waals surface area contributed by atoms with Gasteiger partial charge >= 0.3 is 0 Å². The van der Waals surface area contributed by atoms with Crippen molar-refractivity contribution in [1.82, 2.24) is 10.2 Å². The fraction of sp³-hybridized carbons (Fsp3) is 0.581. The van der Waals surface area contributed by atoms with Gasteiger partial charge in [0.15, 0.2) is 0 Å². The van der Waals surface area contributed by atoms with Crippen LogP contribution in [0, 0.1) is 13.8 Å². The lowest BCUT2D eigenvalue weighted by Gasteiger charge is -2.34. The van der Waals surface area contributed by atoms with Crippen LogP contribution < -0.4 is 4.74 Å². The molecular formula is C105H146N2O2. The molecule has 8 aromatic rings. The largest absolute Gasteiger partial charge is 0.494 e. The third-order valence-electron chi connectivity index (χ3n) is 26.4. The van der Waals surface area contributed by atoms with Crippen molar-refractivity contribution in [2.75, 3.05) is 6.61 Å². The SMILES string of the molecule is CCCCCCCCOc1ccc(-c2nnc(-c3cc(-c4ccc5c(c4)C(CCCCCCCC)(CCCCCCCC)c4cc(C)ccc4-5)cc4c3-c3ccc(-c5ccc6c(c5)C(CCCCCCCC)(CCCCCCCC)c5cc(C)ccc5-6)cc3C4(CCCCCCCC)CCCCCCCC)o2)cc1. The molecule has 0 aliphatic heterocycles. The molecule has 3 aliphatic rings. The Balaban J connectivity index is 1.09. The molecule has 7 aromatic carbocycles. The molecule has 0 atom stereocenters. The van der Waals surface area contributed by atoms with E-state index in [0.29, 0.717) is 11.8 Å². The van der Waals surface area contributed by atoms with Crippen LogP contribution in [0.4, 0.5) is 0 Å². The zero-order valence-electron chi connectivity index (χ0n) is 70.5. The van der Waals surface area contributed by atoms with E-state index in [-0.39, 0.29) is 16.2 Å². The lowest BCUT2D eigenvalue weighted by molar-refractivity contribution is 0.304. The van der Waals surface area contributed by atoms with Gasteiger partial charge in [-0.2, -0.15) is 0 Å². The molecule has 11 rings (SSSR count). The first kappa shape index (κ1) is 83.4.